The third-order valence-corrected chi connectivity index (χ3v) is 5.31. The van der Waals surface area contributed by atoms with Crippen LogP contribution in [0.15, 0.2) is 4.99 Å². The molecule has 25 heavy (non-hydrogen) atoms. The number of ether oxygens (including phenoxy) is 2. The normalized spacial score (nSPS) is 21.2. The molecule has 2 aliphatic rings. The predicted octanol–water partition coefficient (Wildman–Crippen LogP) is 3.34. The minimum atomic E-state index is 0.394. The zero-order chi connectivity index (χ0) is 18.0. The van der Waals surface area contributed by atoms with Crippen molar-refractivity contribution in [2.45, 2.75) is 71.8 Å². The van der Waals surface area contributed by atoms with Gasteiger partial charge >= 0.3 is 0 Å². The van der Waals surface area contributed by atoms with Gasteiger partial charge < -0.3 is 20.1 Å². The van der Waals surface area contributed by atoms with Gasteiger partial charge in [-0.2, -0.15) is 0 Å². The average molecular weight is 354 g/mol. The van der Waals surface area contributed by atoms with E-state index in [-0.39, 0.29) is 0 Å². The van der Waals surface area contributed by atoms with Crippen LogP contribution in [0.2, 0.25) is 0 Å². The molecule has 1 aliphatic carbocycles. The molecule has 0 bridgehead atoms. The summed E-state index contributed by atoms with van der Waals surface area (Å²) < 4.78 is 11.3. The average Bonchev–Trinajstić information content (AvgIpc) is 2.57. The maximum atomic E-state index is 5.93. The van der Waals surface area contributed by atoms with E-state index in [2.05, 4.69) is 31.4 Å². The highest BCUT2D eigenvalue weighted by molar-refractivity contribution is 5.79. The van der Waals surface area contributed by atoms with Crippen LogP contribution in [0.5, 0.6) is 0 Å². The highest BCUT2D eigenvalue weighted by Gasteiger charge is 2.37. The van der Waals surface area contributed by atoms with Gasteiger partial charge in [0.05, 0.1) is 6.10 Å². The van der Waals surface area contributed by atoms with Crippen LogP contribution in [0.25, 0.3) is 0 Å². The van der Waals surface area contributed by atoms with Crippen molar-refractivity contribution in [2.24, 2.45) is 16.3 Å². The van der Waals surface area contributed by atoms with Crippen molar-refractivity contribution in [1.29, 1.82) is 0 Å². The van der Waals surface area contributed by atoms with Crippen molar-refractivity contribution >= 4 is 5.96 Å². The Labute approximate surface area is 154 Å². The molecule has 0 aromatic heterocycles. The van der Waals surface area contributed by atoms with Crippen LogP contribution in [0.3, 0.4) is 0 Å². The Morgan fingerprint density at radius 3 is 2.60 bits per heavy atom. The molecule has 5 heteroatoms. The lowest BCUT2D eigenvalue weighted by molar-refractivity contribution is -0.0320. The molecule has 0 spiro atoms. The Balaban J connectivity index is 1.66. The molecular formula is C20H39N3O2. The van der Waals surface area contributed by atoms with Crippen LogP contribution in [-0.2, 0) is 9.47 Å². The van der Waals surface area contributed by atoms with Gasteiger partial charge in [-0.25, -0.2) is 0 Å². The van der Waals surface area contributed by atoms with Crippen molar-refractivity contribution in [3.63, 3.8) is 0 Å². The van der Waals surface area contributed by atoms with Gasteiger partial charge in [0.15, 0.2) is 5.96 Å². The van der Waals surface area contributed by atoms with Crippen LogP contribution in [0, 0.1) is 11.3 Å². The molecule has 0 atom stereocenters. The van der Waals surface area contributed by atoms with E-state index < -0.39 is 0 Å². The fraction of sp³-hybridized carbons (Fsp3) is 0.950. The van der Waals surface area contributed by atoms with E-state index >= 15 is 0 Å². The van der Waals surface area contributed by atoms with Gasteiger partial charge in [0.25, 0.3) is 0 Å². The highest BCUT2D eigenvalue weighted by atomic mass is 16.5. The van der Waals surface area contributed by atoms with E-state index in [1.165, 1.54) is 25.7 Å². The zero-order valence-corrected chi connectivity index (χ0v) is 16.6. The topological polar surface area (TPSA) is 54.9 Å². The molecule has 1 saturated carbocycles. The number of nitrogens with zero attached hydrogens (tertiary/aromatic N) is 1. The fourth-order valence-electron chi connectivity index (χ4n) is 3.93. The van der Waals surface area contributed by atoms with Crippen LogP contribution in [0.1, 0.15) is 65.7 Å². The van der Waals surface area contributed by atoms with Crippen molar-refractivity contribution in [3.05, 3.63) is 0 Å². The Bertz CT molecular complexity index is 388. The molecule has 0 radical (unpaired) electrons. The molecule has 0 aromatic carbocycles. The number of guanidine groups is 1. The largest absolute Gasteiger partial charge is 0.381 e. The lowest BCUT2D eigenvalue weighted by Crippen LogP contribution is -2.41. The van der Waals surface area contributed by atoms with Crippen LogP contribution in [0.4, 0.5) is 0 Å². The predicted molar refractivity (Wildman–Crippen MR) is 104 cm³/mol. The van der Waals surface area contributed by atoms with E-state index in [1.54, 1.807) is 0 Å². The molecule has 146 valence electrons. The summed E-state index contributed by atoms with van der Waals surface area (Å²) in [4.78, 5) is 4.89. The number of nitrogens with one attached hydrogen (secondary N) is 2. The molecule has 1 heterocycles. The van der Waals surface area contributed by atoms with E-state index in [0.29, 0.717) is 11.5 Å². The van der Waals surface area contributed by atoms with Crippen LogP contribution < -0.4 is 10.6 Å². The second-order valence-electron chi connectivity index (χ2n) is 8.11. The standard InChI is InChI=1S/C20H39N3O2/c1-4-21-19(23-16-20(9-5-10-20)15-17(2)3)22-11-6-12-25-18-7-13-24-14-8-18/h17-18H,4-16H2,1-3H3,(H2,21,22,23). The quantitative estimate of drug-likeness (QED) is 0.359. The van der Waals surface area contributed by atoms with E-state index in [4.69, 9.17) is 14.5 Å². The summed E-state index contributed by atoms with van der Waals surface area (Å²) in [7, 11) is 0. The van der Waals surface area contributed by atoms with E-state index in [1.807, 2.05) is 0 Å². The third kappa shape index (κ3) is 7.53. The molecule has 1 aliphatic heterocycles. The summed E-state index contributed by atoms with van der Waals surface area (Å²) in [5.41, 5.74) is 0.461. The Morgan fingerprint density at radius 2 is 2.00 bits per heavy atom. The molecule has 2 N–H and O–H groups in total. The third-order valence-electron chi connectivity index (χ3n) is 5.31. The zero-order valence-electron chi connectivity index (χ0n) is 16.6. The van der Waals surface area contributed by atoms with E-state index in [9.17, 15) is 0 Å². The monoisotopic (exact) mass is 353 g/mol. The number of rotatable bonds is 10. The maximum absolute atomic E-state index is 5.93. The summed E-state index contributed by atoms with van der Waals surface area (Å²) in [6, 6.07) is 0. The van der Waals surface area contributed by atoms with Gasteiger partial charge in [0.2, 0.25) is 0 Å². The lowest BCUT2D eigenvalue weighted by Gasteiger charge is -2.42. The minimum Gasteiger partial charge on any atom is -0.381 e. The van der Waals surface area contributed by atoms with Crippen molar-refractivity contribution in [3.8, 4) is 0 Å². The maximum Gasteiger partial charge on any atom is 0.191 e. The molecule has 5 nitrogen and oxygen atoms in total. The Kier molecular flexibility index (Phi) is 9.04. The second-order valence-corrected chi connectivity index (χ2v) is 8.11. The second kappa shape index (κ2) is 11.0. The highest BCUT2D eigenvalue weighted by Crippen LogP contribution is 2.46. The van der Waals surface area contributed by atoms with Gasteiger partial charge in [0, 0.05) is 39.5 Å². The van der Waals surface area contributed by atoms with Gasteiger partial charge in [0.1, 0.15) is 0 Å². The minimum absolute atomic E-state index is 0.394. The molecule has 2 rings (SSSR count). The lowest BCUT2D eigenvalue weighted by atomic mass is 9.64. The molecule has 0 unspecified atom stereocenters. The molecule has 0 aromatic rings. The SMILES string of the molecule is CCNC(=NCC1(CC(C)C)CCC1)NCCCOC1CCOCC1. The Morgan fingerprint density at radius 1 is 1.24 bits per heavy atom. The van der Waals surface area contributed by atoms with Gasteiger partial charge in [-0.1, -0.05) is 20.3 Å². The Hall–Kier alpha value is -0.810. The number of hydrogen-bond acceptors (Lipinski definition) is 3. The first-order valence-corrected chi connectivity index (χ1v) is 10.3. The molecule has 0 amide bonds. The summed E-state index contributed by atoms with van der Waals surface area (Å²) in [5, 5.41) is 6.85. The number of hydrogen-bond donors (Lipinski definition) is 2. The number of aliphatic imine (C=N–C) groups is 1. The van der Waals surface area contributed by atoms with E-state index in [0.717, 1.165) is 70.6 Å². The first-order chi connectivity index (χ1) is 12.1. The van der Waals surface area contributed by atoms with Gasteiger partial charge in [-0.3, -0.25) is 4.99 Å². The van der Waals surface area contributed by atoms with Crippen molar-refractivity contribution < 1.29 is 9.47 Å². The van der Waals surface area contributed by atoms with Crippen molar-refractivity contribution in [1.82, 2.24) is 10.6 Å². The molecule has 1 saturated heterocycles. The summed E-state index contributed by atoms with van der Waals surface area (Å²) in [6.45, 7) is 12.0. The molecule has 2 fully saturated rings. The summed E-state index contributed by atoms with van der Waals surface area (Å²) >= 11 is 0. The first-order valence-electron chi connectivity index (χ1n) is 10.3. The van der Waals surface area contributed by atoms with Crippen LogP contribution in [-0.4, -0.2) is 51.5 Å². The van der Waals surface area contributed by atoms with Gasteiger partial charge in [-0.05, 0) is 56.8 Å². The first kappa shape index (κ1) is 20.5. The smallest absolute Gasteiger partial charge is 0.191 e. The fourth-order valence-corrected chi connectivity index (χ4v) is 3.93. The van der Waals surface area contributed by atoms with Crippen LogP contribution >= 0.6 is 0 Å². The molecular weight excluding hydrogens is 314 g/mol. The van der Waals surface area contributed by atoms with Crippen molar-refractivity contribution in [2.75, 3.05) is 39.5 Å². The summed E-state index contributed by atoms with van der Waals surface area (Å²) in [6.07, 6.45) is 8.83. The van der Waals surface area contributed by atoms with Gasteiger partial charge in [-0.15, -0.1) is 0 Å². The summed E-state index contributed by atoms with van der Waals surface area (Å²) in [5.74, 6) is 1.72.